The van der Waals surface area contributed by atoms with E-state index in [0.717, 1.165) is 12.8 Å². The van der Waals surface area contributed by atoms with Crippen molar-refractivity contribution in [1.29, 1.82) is 5.53 Å². The lowest BCUT2D eigenvalue weighted by Crippen LogP contribution is -1.81. The average Bonchev–Trinajstić information content (AvgIpc) is 2.10. The second-order valence-electron chi connectivity index (χ2n) is 3.14. The fourth-order valence-corrected chi connectivity index (χ4v) is 1.22. The molecule has 2 nitrogen and oxygen atoms in total. The summed E-state index contributed by atoms with van der Waals surface area (Å²) in [6.45, 7) is 2.24. The Morgan fingerprint density at radius 3 is 2.17 bits per heavy atom. The van der Waals surface area contributed by atoms with Crippen LogP contribution in [0.25, 0.3) is 0 Å². The zero-order chi connectivity index (χ0) is 9.07. The van der Waals surface area contributed by atoms with Crippen LogP contribution in [0.1, 0.15) is 58.3 Å². The molecule has 0 aromatic rings. The number of nitrogens with one attached hydrogen (secondary N) is 1. The van der Waals surface area contributed by atoms with Gasteiger partial charge >= 0.3 is 0 Å². The van der Waals surface area contributed by atoms with E-state index in [4.69, 9.17) is 5.53 Å². The van der Waals surface area contributed by atoms with E-state index in [9.17, 15) is 0 Å². The van der Waals surface area contributed by atoms with Gasteiger partial charge in [-0.3, -0.25) is 0 Å². The molecule has 0 amide bonds. The van der Waals surface area contributed by atoms with Crippen LogP contribution >= 0.6 is 0 Å². The zero-order valence-corrected chi connectivity index (χ0v) is 8.10. The van der Waals surface area contributed by atoms with Gasteiger partial charge in [-0.15, -0.1) is 6.42 Å². The van der Waals surface area contributed by atoms with Crippen LogP contribution in [-0.2, 0) is 0 Å². The number of hydrogen-bond acceptors (Lipinski definition) is 1. The summed E-state index contributed by atoms with van der Waals surface area (Å²) < 4.78 is 0. The minimum absolute atomic E-state index is 0.858. The average molecular weight is 168 g/mol. The minimum atomic E-state index is 0.858. The Labute approximate surface area is 75.6 Å². The Bertz CT molecular complexity index is 126. The zero-order valence-electron chi connectivity index (χ0n) is 8.10. The quantitative estimate of drug-likeness (QED) is 0.190. The van der Waals surface area contributed by atoms with E-state index in [1.54, 1.807) is 0 Å². The maximum absolute atomic E-state index is 6.49. The number of rotatable bonds is 8. The molecule has 0 unspecified atom stereocenters. The first-order valence-corrected chi connectivity index (χ1v) is 5.01. The Kier molecular flexibility index (Phi) is 9.84. The van der Waals surface area contributed by atoms with Gasteiger partial charge in [0.1, 0.15) is 0 Å². The molecule has 0 rings (SSSR count). The van der Waals surface area contributed by atoms with E-state index < -0.39 is 0 Å². The SMILES string of the molecule is CCCCCCCCC[C-]=[N+]=N. The summed E-state index contributed by atoms with van der Waals surface area (Å²) in [5.74, 6) is 0. The molecular weight excluding hydrogens is 148 g/mol. The van der Waals surface area contributed by atoms with Gasteiger partial charge in [0, 0.05) is 5.53 Å². The summed E-state index contributed by atoms with van der Waals surface area (Å²) in [5.41, 5.74) is 6.49. The molecule has 0 saturated carbocycles. The molecule has 0 aliphatic carbocycles. The largest absolute Gasteiger partial charge is 0.166 e. The number of unbranched alkanes of at least 4 members (excludes halogenated alkanes) is 7. The van der Waals surface area contributed by atoms with Crippen molar-refractivity contribution in [2.24, 2.45) is 0 Å². The van der Waals surface area contributed by atoms with Crippen LogP contribution < -0.4 is 0 Å². The lowest BCUT2D eigenvalue weighted by Gasteiger charge is -1.98. The Hall–Kier alpha value is -0.620. The molecule has 0 radical (unpaired) electrons. The van der Waals surface area contributed by atoms with Crippen molar-refractivity contribution in [1.82, 2.24) is 0 Å². The molecule has 70 valence electrons. The standard InChI is InChI=1S/C10H20N2/c1-2-3-4-5-6-7-8-9-10-12-11/h11H,2-9H2,1H3. The van der Waals surface area contributed by atoms with Crippen molar-refractivity contribution in [3.05, 3.63) is 0 Å². The van der Waals surface area contributed by atoms with E-state index in [0.29, 0.717) is 0 Å². The van der Waals surface area contributed by atoms with Crippen molar-refractivity contribution >= 4 is 6.21 Å². The third kappa shape index (κ3) is 9.38. The number of nitrogens with zero attached hydrogens (tertiary/aromatic N) is 1. The molecule has 0 bridgehead atoms. The van der Waals surface area contributed by atoms with Crippen LogP contribution in [0.15, 0.2) is 0 Å². The smallest absolute Gasteiger partial charge is 0.0277 e. The maximum Gasteiger partial charge on any atom is 0.0277 e. The fourth-order valence-electron chi connectivity index (χ4n) is 1.22. The van der Waals surface area contributed by atoms with Gasteiger partial charge in [-0.25, -0.2) is 0 Å². The van der Waals surface area contributed by atoms with Crippen LogP contribution in [0, 0.1) is 5.53 Å². The molecule has 0 aliphatic heterocycles. The van der Waals surface area contributed by atoms with Crippen molar-refractivity contribution in [2.45, 2.75) is 58.3 Å². The topological polar surface area (TPSA) is 38.0 Å². The second kappa shape index (κ2) is 10.4. The molecule has 0 fully saturated rings. The van der Waals surface area contributed by atoms with Crippen LogP contribution in [0.5, 0.6) is 0 Å². The monoisotopic (exact) mass is 168 g/mol. The third-order valence-electron chi connectivity index (χ3n) is 1.97. The molecule has 0 spiro atoms. The highest BCUT2D eigenvalue weighted by atomic mass is 14.8. The van der Waals surface area contributed by atoms with E-state index in [1.807, 2.05) is 0 Å². The summed E-state index contributed by atoms with van der Waals surface area (Å²) in [5, 5.41) is 0. The predicted molar refractivity (Wildman–Crippen MR) is 50.6 cm³/mol. The van der Waals surface area contributed by atoms with Crippen LogP contribution in [0.3, 0.4) is 0 Å². The van der Waals surface area contributed by atoms with Crippen molar-refractivity contribution in [2.75, 3.05) is 0 Å². The molecule has 0 aromatic carbocycles. The molecule has 0 aromatic heterocycles. The highest BCUT2D eigenvalue weighted by Crippen LogP contribution is 2.07. The Balaban J connectivity index is 2.86. The van der Waals surface area contributed by atoms with Gasteiger partial charge in [0.15, 0.2) is 0 Å². The lowest BCUT2D eigenvalue weighted by atomic mass is 10.1. The predicted octanol–water partition coefficient (Wildman–Crippen LogP) is 3.31. The first-order chi connectivity index (χ1) is 5.91. The molecule has 0 atom stereocenters. The Morgan fingerprint density at radius 1 is 1.00 bits per heavy atom. The molecule has 12 heavy (non-hydrogen) atoms. The molecule has 0 aliphatic rings. The fraction of sp³-hybridized carbons (Fsp3) is 0.900. The summed E-state index contributed by atoms with van der Waals surface area (Å²) in [6.07, 6.45) is 12.7. The molecule has 0 heterocycles. The third-order valence-corrected chi connectivity index (χ3v) is 1.97. The van der Waals surface area contributed by atoms with Gasteiger partial charge in [0.25, 0.3) is 0 Å². The van der Waals surface area contributed by atoms with Gasteiger partial charge in [0.05, 0.1) is 0 Å². The van der Waals surface area contributed by atoms with E-state index in [1.165, 1.54) is 38.5 Å². The highest BCUT2D eigenvalue weighted by Gasteiger charge is 1.87. The van der Waals surface area contributed by atoms with E-state index >= 15 is 0 Å². The first kappa shape index (κ1) is 11.4. The highest BCUT2D eigenvalue weighted by molar-refractivity contribution is 5.49. The van der Waals surface area contributed by atoms with Gasteiger partial charge < -0.3 is 0 Å². The molecule has 1 N–H and O–H groups in total. The van der Waals surface area contributed by atoms with Crippen molar-refractivity contribution < 1.29 is 4.79 Å². The van der Waals surface area contributed by atoms with Gasteiger partial charge in [0.2, 0.25) is 0 Å². The molecular formula is C10H20N2. The van der Waals surface area contributed by atoms with E-state index in [2.05, 4.69) is 17.9 Å². The van der Waals surface area contributed by atoms with Crippen molar-refractivity contribution in [3.8, 4) is 0 Å². The Morgan fingerprint density at radius 2 is 1.58 bits per heavy atom. The first-order valence-electron chi connectivity index (χ1n) is 5.01. The summed E-state index contributed by atoms with van der Waals surface area (Å²) >= 11 is 0. The van der Waals surface area contributed by atoms with Gasteiger partial charge in [-0.1, -0.05) is 51.9 Å². The normalized spacial score (nSPS) is 9.42. The number of hydrogen-bond donors (Lipinski definition) is 1. The summed E-state index contributed by atoms with van der Waals surface area (Å²) in [7, 11) is 0. The van der Waals surface area contributed by atoms with Gasteiger partial charge in [-0.2, -0.15) is 4.79 Å². The second-order valence-corrected chi connectivity index (χ2v) is 3.14. The van der Waals surface area contributed by atoms with Crippen molar-refractivity contribution in [3.63, 3.8) is 0 Å². The molecule has 2 heteroatoms. The van der Waals surface area contributed by atoms with Gasteiger partial charge in [-0.05, 0) is 6.21 Å². The van der Waals surface area contributed by atoms with Crippen LogP contribution in [0.4, 0.5) is 0 Å². The van der Waals surface area contributed by atoms with Crippen LogP contribution in [0.2, 0.25) is 0 Å². The summed E-state index contributed by atoms with van der Waals surface area (Å²) in [4.78, 5) is 3.08. The van der Waals surface area contributed by atoms with Crippen LogP contribution in [-0.4, -0.2) is 11.0 Å². The van der Waals surface area contributed by atoms with E-state index in [-0.39, 0.29) is 0 Å². The molecule has 0 saturated heterocycles. The summed E-state index contributed by atoms with van der Waals surface area (Å²) in [6, 6.07) is 0. The lowest BCUT2D eigenvalue weighted by molar-refractivity contribution is -0.114. The minimum Gasteiger partial charge on any atom is -0.166 e. The maximum atomic E-state index is 6.49.